The van der Waals surface area contributed by atoms with Crippen molar-refractivity contribution in [2.24, 2.45) is 11.5 Å². The molecule has 1 atom stereocenters. The van der Waals surface area contributed by atoms with Crippen molar-refractivity contribution in [3.8, 4) is 0 Å². The van der Waals surface area contributed by atoms with Gasteiger partial charge in [0.2, 0.25) is 5.91 Å². The van der Waals surface area contributed by atoms with Gasteiger partial charge in [-0.05, 0) is 19.4 Å². The highest BCUT2D eigenvalue weighted by atomic mass is 32.2. The van der Waals surface area contributed by atoms with Crippen molar-refractivity contribution in [1.29, 1.82) is 0 Å². The molecule has 1 aromatic heterocycles. The quantitative estimate of drug-likeness (QED) is 0.634. The topological polar surface area (TPSA) is 94.9 Å². The predicted molar refractivity (Wildman–Crippen MR) is 76.7 cm³/mol. The zero-order valence-electron chi connectivity index (χ0n) is 10.7. The van der Waals surface area contributed by atoms with Crippen molar-refractivity contribution in [3.63, 3.8) is 0 Å². The Labute approximate surface area is 115 Å². The lowest BCUT2D eigenvalue weighted by atomic mass is 10.0. The Hall–Kier alpha value is -1.66. The molecule has 2 aromatic rings. The molecule has 1 aromatic carbocycles. The lowest BCUT2D eigenvalue weighted by molar-refractivity contribution is -0.122. The summed E-state index contributed by atoms with van der Waals surface area (Å²) in [5, 5.41) is 1.90. The molecule has 0 aliphatic rings. The molecule has 0 saturated carbocycles. The van der Waals surface area contributed by atoms with Crippen LogP contribution in [0.3, 0.4) is 0 Å². The number of hydrogen-bond acceptors (Lipinski definition) is 5. The number of amides is 1. The maximum absolute atomic E-state index is 11.1. The van der Waals surface area contributed by atoms with Crippen LogP contribution in [0.15, 0.2) is 35.6 Å². The van der Waals surface area contributed by atoms with Gasteiger partial charge in [-0.15, -0.1) is 11.8 Å². The van der Waals surface area contributed by atoms with Gasteiger partial charge in [0.15, 0.2) is 0 Å². The average molecular weight is 276 g/mol. The van der Waals surface area contributed by atoms with Crippen molar-refractivity contribution in [2.75, 3.05) is 5.75 Å². The second kappa shape index (κ2) is 5.54. The Kier molecular flexibility index (Phi) is 4.01. The van der Waals surface area contributed by atoms with Crippen molar-refractivity contribution in [3.05, 3.63) is 30.6 Å². The summed E-state index contributed by atoms with van der Waals surface area (Å²) in [5.74, 6) is 0.192. The molecule has 1 amide bonds. The third kappa shape index (κ3) is 3.21. The molecule has 100 valence electrons. The van der Waals surface area contributed by atoms with Crippen LogP contribution in [0.2, 0.25) is 0 Å². The normalized spacial score (nSPS) is 14.2. The first-order valence-corrected chi connectivity index (χ1v) is 6.90. The van der Waals surface area contributed by atoms with Crippen LogP contribution in [-0.2, 0) is 4.79 Å². The number of para-hydroxylation sites is 1. The third-order valence-electron chi connectivity index (χ3n) is 2.93. The Morgan fingerprint density at radius 1 is 1.37 bits per heavy atom. The minimum atomic E-state index is -0.976. The summed E-state index contributed by atoms with van der Waals surface area (Å²) in [5.41, 5.74) is 11.0. The molecular formula is C13H16N4OS. The van der Waals surface area contributed by atoms with Crippen LogP contribution in [-0.4, -0.2) is 27.2 Å². The van der Waals surface area contributed by atoms with Crippen LogP contribution in [0, 0.1) is 0 Å². The third-order valence-corrected chi connectivity index (χ3v) is 3.94. The Morgan fingerprint density at radius 3 is 2.84 bits per heavy atom. The molecule has 1 unspecified atom stereocenters. The number of nitrogens with two attached hydrogens (primary N) is 2. The number of fused-ring (bicyclic) bond motifs is 1. The SMILES string of the molecule is CC(N)(CCSc1ncnc2ccccc12)C(N)=O. The summed E-state index contributed by atoms with van der Waals surface area (Å²) >= 11 is 1.56. The van der Waals surface area contributed by atoms with Gasteiger partial charge >= 0.3 is 0 Å². The van der Waals surface area contributed by atoms with Gasteiger partial charge in [-0.2, -0.15) is 0 Å². The minimum Gasteiger partial charge on any atom is -0.368 e. The molecule has 0 aliphatic heterocycles. The number of primary amides is 1. The molecular weight excluding hydrogens is 260 g/mol. The number of thioether (sulfide) groups is 1. The molecule has 4 N–H and O–H groups in total. The van der Waals surface area contributed by atoms with Gasteiger partial charge in [-0.25, -0.2) is 9.97 Å². The van der Waals surface area contributed by atoms with E-state index in [9.17, 15) is 4.79 Å². The van der Waals surface area contributed by atoms with Gasteiger partial charge in [0.25, 0.3) is 0 Å². The van der Waals surface area contributed by atoms with Crippen LogP contribution in [0.1, 0.15) is 13.3 Å². The van der Waals surface area contributed by atoms with Gasteiger partial charge < -0.3 is 11.5 Å². The fourth-order valence-corrected chi connectivity index (χ4v) is 2.75. The highest BCUT2D eigenvalue weighted by Crippen LogP contribution is 2.25. The summed E-state index contributed by atoms with van der Waals surface area (Å²) in [6.45, 7) is 1.65. The maximum Gasteiger partial charge on any atom is 0.237 e. The summed E-state index contributed by atoms with van der Waals surface area (Å²) in [7, 11) is 0. The van der Waals surface area contributed by atoms with Crippen LogP contribution in [0.25, 0.3) is 10.9 Å². The number of rotatable bonds is 5. The van der Waals surface area contributed by atoms with Crippen LogP contribution in [0.4, 0.5) is 0 Å². The lowest BCUT2D eigenvalue weighted by Gasteiger charge is -2.19. The largest absolute Gasteiger partial charge is 0.368 e. The number of carbonyl (C=O) groups is 1. The number of benzene rings is 1. The Bertz CT molecular complexity index is 595. The average Bonchev–Trinajstić information content (AvgIpc) is 2.38. The summed E-state index contributed by atoms with van der Waals surface area (Å²) in [6, 6.07) is 7.81. The monoisotopic (exact) mass is 276 g/mol. The summed E-state index contributed by atoms with van der Waals surface area (Å²) in [4.78, 5) is 19.6. The van der Waals surface area contributed by atoms with Crippen LogP contribution in [0.5, 0.6) is 0 Å². The first-order valence-electron chi connectivity index (χ1n) is 5.92. The molecule has 5 nitrogen and oxygen atoms in total. The second-order valence-corrected chi connectivity index (χ2v) is 5.66. The van der Waals surface area contributed by atoms with E-state index in [2.05, 4.69) is 9.97 Å². The fourth-order valence-electron chi connectivity index (χ4n) is 1.58. The van der Waals surface area contributed by atoms with Gasteiger partial charge in [0.1, 0.15) is 11.4 Å². The Balaban J connectivity index is 2.09. The second-order valence-electron chi connectivity index (χ2n) is 4.58. The van der Waals surface area contributed by atoms with E-state index >= 15 is 0 Å². The van der Waals surface area contributed by atoms with E-state index < -0.39 is 11.4 Å². The molecule has 1 heterocycles. The molecule has 6 heteroatoms. The highest BCUT2D eigenvalue weighted by Gasteiger charge is 2.25. The van der Waals surface area contributed by atoms with Crippen molar-refractivity contribution < 1.29 is 4.79 Å². The number of nitrogens with zero attached hydrogens (tertiary/aromatic N) is 2. The molecule has 19 heavy (non-hydrogen) atoms. The molecule has 0 aliphatic carbocycles. The standard InChI is InChI=1S/C13H16N4OS/c1-13(15,12(14)18)6-7-19-11-9-4-2-3-5-10(9)16-8-17-11/h2-5,8H,6-7,15H2,1H3,(H2,14,18). The van der Waals surface area contributed by atoms with Gasteiger partial charge in [0, 0.05) is 11.1 Å². The van der Waals surface area contributed by atoms with Crippen molar-refractivity contribution in [2.45, 2.75) is 23.9 Å². The van der Waals surface area contributed by atoms with E-state index in [0.29, 0.717) is 12.2 Å². The summed E-state index contributed by atoms with van der Waals surface area (Å²) < 4.78 is 0. The van der Waals surface area contributed by atoms with Crippen molar-refractivity contribution in [1.82, 2.24) is 9.97 Å². The maximum atomic E-state index is 11.1. The van der Waals surface area contributed by atoms with Gasteiger partial charge in [0.05, 0.1) is 11.1 Å². The zero-order valence-corrected chi connectivity index (χ0v) is 11.5. The number of hydrogen-bond donors (Lipinski definition) is 2. The minimum absolute atomic E-state index is 0.486. The van der Waals surface area contributed by atoms with E-state index in [1.54, 1.807) is 25.0 Å². The first-order chi connectivity index (χ1) is 9.00. The van der Waals surface area contributed by atoms with Crippen LogP contribution >= 0.6 is 11.8 Å². The smallest absolute Gasteiger partial charge is 0.237 e. The fraction of sp³-hybridized carbons (Fsp3) is 0.308. The molecule has 2 rings (SSSR count). The molecule has 0 bridgehead atoms. The molecule has 0 saturated heterocycles. The number of aromatic nitrogens is 2. The lowest BCUT2D eigenvalue weighted by Crippen LogP contribution is -2.49. The summed E-state index contributed by atoms with van der Waals surface area (Å²) in [6.07, 6.45) is 2.05. The molecule has 0 spiro atoms. The zero-order chi connectivity index (χ0) is 13.9. The van der Waals surface area contributed by atoms with Crippen molar-refractivity contribution >= 4 is 28.6 Å². The highest BCUT2D eigenvalue weighted by molar-refractivity contribution is 7.99. The van der Waals surface area contributed by atoms with Gasteiger partial charge in [-0.1, -0.05) is 18.2 Å². The van der Waals surface area contributed by atoms with E-state index in [4.69, 9.17) is 11.5 Å². The predicted octanol–water partition coefficient (Wildman–Crippen LogP) is 1.31. The van der Waals surface area contributed by atoms with E-state index in [-0.39, 0.29) is 0 Å². The van der Waals surface area contributed by atoms with Crippen LogP contribution < -0.4 is 11.5 Å². The van der Waals surface area contributed by atoms with Gasteiger partial charge in [-0.3, -0.25) is 4.79 Å². The first kappa shape index (κ1) is 13.8. The van der Waals surface area contributed by atoms with E-state index in [1.807, 2.05) is 24.3 Å². The number of carbonyl (C=O) groups excluding carboxylic acids is 1. The Morgan fingerprint density at radius 2 is 2.11 bits per heavy atom. The molecule has 0 fully saturated rings. The molecule has 0 radical (unpaired) electrons. The van der Waals surface area contributed by atoms with E-state index in [1.165, 1.54) is 0 Å². The van der Waals surface area contributed by atoms with E-state index in [0.717, 1.165) is 15.9 Å².